The number of thioether (sulfide) groups is 1. The number of amides is 2. The zero-order valence-corrected chi connectivity index (χ0v) is 18.6. The molecule has 0 saturated heterocycles. The van der Waals surface area contributed by atoms with Gasteiger partial charge in [0.15, 0.2) is 5.13 Å². The van der Waals surface area contributed by atoms with Crippen molar-refractivity contribution in [2.24, 2.45) is 0 Å². The van der Waals surface area contributed by atoms with Crippen molar-refractivity contribution in [3.63, 3.8) is 0 Å². The van der Waals surface area contributed by atoms with Crippen molar-refractivity contribution in [1.29, 1.82) is 0 Å². The van der Waals surface area contributed by atoms with Crippen molar-refractivity contribution in [1.82, 2.24) is 4.98 Å². The van der Waals surface area contributed by atoms with Crippen molar-refractivity contribution < 1.29 is 14.3 Å². The number of ether oxygens (including phenoxy) is 1. The van der Waals surface area contributed by atoms with E-state index in [1.807, 2.05) is 67.8 Å². The molecular formula is C22H23N3O3S2. The van der Waals surface area contributed by atoms with E-state index in [2.05, 4.69) is 15.6 Å². The van der Waals surface area contributed by atoms with Crippen LogP contribution in [0.1, 0.15) is 20.8 Å². The molecule has 0 aliphatic carbocycles. The largest absolute Gasteiger partial charge is 0.494 e. The summed E-state index contributed by atoms with van der Waals surface area (Å²) in [5.41, 5.74) is 2.51. The molecule has 1 atom stereocenters. The second-order valence-electron chi connectivity index (χ2n) is 6.45. The fourth-order valence-corrected chi connectivity index (χ4v) is 4.23. The molecule has 0 bridgehead atoms. The monoisotopic (exact) mass is 441 g/mol. The van der Waals surface area contributed by atoms with E-state index < -0.39 is 0 Å². The summed E-state index contributed by atoms with van der Waals surface area (Å²) in [4.78, 5) is 29.1. The van der Waals surface area contributed by atoms with Gasteiger partial charge in [-0.2, -0.15) is 0 Å². The number of rotatable bonds is 8. The topological polar surface area (TPSA) is 80.3 Å². The Bertz CT molecular complexity index is 1000. The fraction of sp³-hybridized carbons (Fsp3) is 0.227. The number of aromatic nitrogens is 1. The van der Waals surface area contributed by atoms with Crippen LogP contribution in [0.4, 0.5) is 10.8 Å². The van der Waals surface area contributed by atoms with Crippen LogP contribution in [0.2, 0.25) is 0 Å². The average molecular weight is 442 g/mol. The van der Waals surface area contributed by atoms with E-state index in [4.69, 9.17) is 4.74 Å². The molecule has 0 aliphatic heterocycles. The summed E-state index contributed by atoms with van der Waals surface area (Å²) >= 11 is 2.84. The fourth-order valence-electron chi connectivity index (χ4n) is 2.64. The lowest BCUT2D eigenvalue weighted by Gasteiger charge is -2.11. The third-order valence-electron chi connectivity index (χ3n) is 4.05. The van der Waals surface area contributed by atoms with Crippen molar-refractivity contribution in [3.05, 3.63) is 53.9 Å². The van der Waals surface area contributed by atoms with E-state index in [1.54, 1.807) is 0 Å². The van der Waals surface area contributed by atoms with Crippen LogP contribution >= 0.6 is 23.1 Å². The van der Waals surface area contributed by atoms with Crippen LogP contribution < -0.4 is 15.4 Å². The Hall–Kier alpha value is -2.84. The lowest BCUT2D eigenvalue weighted by atomic mass is 10.2. The average Bonchev–Trinajstić information content (AvgIpc) is 3.18. The van der Waals surface area contributed by atoms with Gasteiger partial charge in [-0.3, -0.25) is 9.59 Å². The first-order valence-electron chi connectivity index (χ1n) is 9.48. The Balaban J connectivity index is 1.57. The number of hydrogen-bond donors (Lipinski definition) is 2. The van der Waals surface area contributed by atoms with E-state index in [0.717, 1.165) is 27.6 Å². The predicted octanol–water partition coefficient (Wildman–Crippen LogP) is 5.29. The predicted molar refractivity (Wildman–Crippen MR) is 123 cm³/mol. The molecule has 1 aromatic heterocycles. The third-order valence-corrected chi connectivity index (χ3v) is 5.92. The molecule has 6 nitrogen and oxygen atoms in total. The zero-order chi connectivity index (χ0) is 21.5. The number of benzene rings is 2. The lowest BCUT2D eigenvalue weighted by molar-refractivity contribution is -0.115. The van der Waals surface area contributed by atoms with Gasteiger partial charge in [-0.25, -0.2) is 4.98 Å². The molecule has 30 heavy (non-hydrogen) atoms. The summed E-state index contributed by atoms with van der Waals surface area (Å²) in [5.74, 6) is 0.593. The number of carbonyl (C=O) groups excluding carboxylic acids is 2. The number of hydrogen-bond acceptors (Lipinski definition) is 6. The van der Waals surface area contributed by atoms with Crippen LogP contribution in [-0.2, 0) is 9.59 Å². The maximum Gasteiger partial charge on any atom is 0.239 e. The Labute approximate surface area is 184 Å². The van der Waals surface area contributed by atoms with E-state index in [9.17, 15) is 9.59 Å². The van der Waals surface area contributed by atoms with Gasteiger partial charge in [0.25, 0.3) is 0 Å². The molecule has 2 N–H and O–H groups in total. The van der Waals surface area contributed by atoms with Crippen LogP contribution in [0.5, 0.6) is 5.75 Å². The molecule has 0 saturated carbocycles. The molecule has 3 rings (SSSR count). The van der Waals surface area contributed by atoms with E-state index in [-0.39, 0.29) is 17.1 Å². The molecule has 0 fully saturated rings. The summed E-state index contributed by atoms with van der Waals surface area (Å²) in [7, 11) is 0. The molecule has 1 unspecified atom stereocenters. The second-order valence-corrected chi connectivity index (χ2v) is 8.72. The van der Waals surface area contributed by atoms with E-state index in [1.165, 1.54) is 30.0 Å². The second kappa shape index (κ2) is 10.3. The van der Waals surface area contributed by atoms with Gasteiger partial charge >= 0.3 is 0 Å². The summed E-state index contributed by atoms with van der Waals surface area (Å²) in [5, 5.41) is 7.80. The van der Waals surface area contributed by atoms with Gasteiger partial charge in [0.2, 0.25) is 11.8 Å². The molecule has 0 aliphatic rings. The van der Waals surface area contributed by atoms with Gasteiger partial charge in [-0.15, -0.1) is 23.1 Å². The maximum atomic E-state index is 12.6. The van der Waals surface area contributed by atoms with Crippen molar-refractivity contribution in [2.75, 3.05) is 17.2 Å². The molecule has 3 aromatic rings. The zero-order valence-electron chi connectivity index (χ0n) is 17.0. The van der Waals surface area contributed by atoms with E-state index in [0.29, 0.717) is 11.7 Å². The minimum absolute atomic E-state index is 0.112. The molecule has 8 heteroatoms. The van der Waals surface area contributed by atoms with Gasteiger partial charge < -0.3 is 15.4 Å². The van der Waals surface area contributed by atoms with Crippen LogP contribution in [0.3, 0.4) is 0 Å². The normalized spacial score (nSPS) is 11.6. The highest BCUT2D eigenvalue weighted by atomic mass is 32.2. The highest BCUT2D eigenvalue weighted by Gasteiger charge is 2.16. The number of anilines is 2. The van der Waals surface area contributed by atoms with Gasteiger partial charge in [-0.05, 0) is 62.4 Å². The first kappa shape index (κ1) is 21.9. The Kier molecular flexibility index (Phi) is 7.48. The number of nitrogens with one attached hydrogen (secondary N) is 2. The van der Waals surface area contributed by atoms with Crippen molar-refractivity contribution >= 4 is 45.7 Å². The van der Waals surface area contributed by atoms with Gasteiger partial charge in [0, 0.05) is 28.5 Å². The van der Waals surface area contributed by atoms with Crippen LogP contribution in [0.15, 0.2) is 58.8 Å². The van der Waals surface area contributed by atoms with Crippen LogP contribution in [0, 0.1) is 0 Å². The smallest absolute Gasteiger partial charge is 0.239 e. The molecule has 2 aromatic carbocycles. The Morgan fingerprint density at radius 3 is 2.43 bits per heavy atom. The van der Waals surface area contributed by atoms with Gasteiger partial charge in [-0.1, -0.05) is 0 Å². The third kappa shape index (κ3) is 6.08. The number of carbonyl (C=O) groups is 2. The summed E-state index contributed by atoms with van der Waals surface area (Å²) in [6.45, 7) is 5.89. The van der Waals surface area contributed by atoms with Gasteiger partial charge in [0.1, 0.15) is 5.75 Å². The van der Waals surface area contributed by atoms with Gasteiger partial charge in [0.05, 0.1) is 17.6 Å². The van der Waals surface area contributed by atoms with Crippen molar-refractivity contribution in [2.45, 2.75) is 30.9 Å². The first-order valence-corrected chi connectivity index (χ1v) is 11.2. The summed E-state index contributed by atoms with van der Waals surface area (Å²) in [6.07, 6.45) is 0. The van der Waals surface area contributed by atoms with E-state index >= 15 is 0 Å². The van der Waals surface area contributed by atoms with Crippen LogP contribution in [-0.4, -0.2) is 28.7 Å². The number of thiazole rings is 1. The maximum absolute atomic E-state index is 12.6. The standard InChI is InChI=1S/C22H23N3O3S2/c1-4-28-18-9-5-16(6-10-18)20-13-29-22(24-20)25-21(27)14(2)30-19-11-7-17(8-12-19)23-15(3)26/h5-14H,4H2,1-3H3,(H,23,26)(H,24,25,27). The minimum Gasteiger partial charge on any atom is -0.494 e. The molecular weight excluding hydrogens is 418 g/mol. The highest BCUT2D eigenvalue weighted by Crippen LogP contribution is 2.29. The Morgan fingerprint density at radius 1 is 1.10 bits per heavy atom. The summed E-state index contributed by atoms with van der Waals surface area (Å²) in [6, 6.07) is 15.1. The molecule has 156 valence electrons. The van der Waals surface area contributed by atoms with Crippen molar-refractivity contribution in [3.8, 4) is 17.0 Å². The minimum atomic E-state index is -0.297. The Morgan fingerprint density at radius 2 is 1.80 bits per heavy atom. The molecule has 0 radical (unpaired) electrons. The molecule has 2 amide bonds. The molecule has 0 spiro atoms. The SMILES string of the molecule is CCOc1ccc(-c2csc(NC(=O)C(C)Sc3ccc(NC(C)=O)cc3)n2)cc1. The first-order chi connectivity index (χ1) is 14.4. The van der Waals surface area contributed by atoms with Crippen LogP contribution in [0.25, 0.3) is 11.3 Å². The highest BCUT2D eigenvalue weighted by molar-refractivity contribution is 8.00. The quantitative estimate of drug-likeness (QED) is 0.465. The number of nitrogens with zero attached hydrogens (tertiary/aromatic N) is 1. The lowest BCUT2D eigenvalue weighted by Crippen LogP contribution is -2.22. The molecule has 1 heterocycles. The summed E-state index contributed by atoms with van der Waals surface area (Å²) < 4.78 is 5.46.